The number of benzene rings is 2. The van der Waals surface area contributed by atoms with Gasteiger partial charge in [-0.3, -0.25) is 10.1 Å². The molecule has 0 spiro atoms. The number of methoxy groups -OCH3 is 1. The molecule has 0 bridgehead atoms. The van der Waals surface area contributed by atoms with Crippen molar-refractivity contribution in [2.24, 2.45) is 5.92 Å². The van der Waals surface area contributed by atoms with Crippen LogP contribution in [0.3, 0.4) is 0 Å². The monoisotopic (exact) mass is 395 g/mol. The van der Waals surface area contributed by atoms with Crippen LogP contribution in [-0.2, 0) is 0 Å². The van der Waals surface area contributed by atoms with Crippen molar-refractivity contribution in [2.75, 3.05) is 25.5 Å². The van der Waals surface area contributed by atoms with Crippen molar-refractivity contribution in [1.29, 1.82) is 0 Å². The van der Waals surface area contributed by atoms with E-state index >= 15 is 0 Å². The fourth-order valence-corrected chi connectivity index (χ4v) is 4.29. The van der Waals surface area contributed by atoms with Crippen molar-refractivity contribution >= 4 is 38.5 Å². The molecule has 0 atom stereocenters. The number of para-hydroxylation sites is 1. The minimum Gasteiger partial charge on any atom is -0.497 e. The number of hydrogen-bond acceptors (Lipinski definition) is 5. The highest BCUT2D eigenvalue weighted by molar-refractivity contribution is 7.22. The van der Waals surface area contributed by atoms with Crippen LogP contribution in [0.4, 0.5) is 9.93 Å². The molecule has 0 aliphatic carbocycles. The van der Waals surface area contributed by atoms with Crippen LogP contribution in [0.5, 0.6) is 5.75 Å². The van der Waals surface area contributed by atoms with E-state index in [0.717, 1.165) is 16.0 Å². The summed E-state index contributed by atoms with van der Waals surface area (Å²) in [5.41, 5.74) is 1.57. The molecule has 144 valence electrons. The second-order valence-electron chi connectivity index (χ2n) is 6.77. The zero-order valence-electron chi connectivity index (χ0n) is 15.6. The number of piperidine rings is 1. The van der Waals surface area contributed by atoms with Crippen LogP contribution in [0.2, 0.25) is 0 Å². The number of likely N-dealkylation sites (tertiary alicyclic amines) is 1. The lowest BCUT2D eigenvalue weighted by molar-refractivity contribution is 0.0859. The summed E-state index contributed by atoms with van der Waals surface area (Å²) in [6.07, 6.45) is 1.33. The quantitative estimate of drug-likeness (QED) is 0.663. The minimum atomic E-state index is -0.158. The smallest absolute Gasteiger partial charge is 0.323 e. The van der Waals surface area contributed by atoms with Crippen molar-refractivity contribution in [2.45, 2.75) is 12.8 Å². The third-order valence-corrected chi connectivity index (χ3v) is 5.99. The highest BCUT2D eigenvalue weighted by Gasteiger charge is 2.28. The number of anilines is 1. The molecular weight excluding hydrogens is 374 g/mol. The number of thiazole rings is 1. The Morgan fingerprint density at radius 2 is 1.82 bits per heavy atom. The summed E-state index contributed by atoms with van der Waals surface area (Å²) in [7, 11) is 1.60. The normalized spacial score (nSPS) is 14.8. The highest BCUT2D eigenvalue weighted by atomic mass is 32.1. The topological polar surface area (TPSA) is 71.5 Å². The van der Waals surface area contributed by atoms with Gasteiger partial charge < -0.3 is 9.64 Å². The van der Waals surface area contributed by atoms with Gasteiger partial charge in [-0.05, 0) is 49.2 Å². The van der Waals surface area contributed by atoms with Gasteiger partial charge in [-0.2, -0.15) is 0 Å². The van der Waals surface area contributed by atoms with Gasteiger partial charge in [-0.15, -0.1) is 0 Å². The van der Waals surface area contributed by atoms with Gasteiger partial charge in [-0.1, -0.05) is 23.5 Å². The van der Waals surface area contributed by atoms with E-state index in [4.69, 9.17) is 4.74 Å². The van der Waals surface area contributed by atoms with Crippen molar-refractivity contribution in [3.05, 3.63) is 54.1 Å². The Morgan fingerprint density at radius 1 is 1.11 bits per heavy atom. The van der Waals surface area contributed by atoms with E-state index in [-0.39, 0.29) is 17.7 Å². The molecule has 2 aromatic carbocycles. The molecule has 2 heterocycles. The number of rotatable bonds is 4. The summed E-state index contributed by atoms with van der Waals surface area (Å²) < 4.78 is 6.18. The van der Waals surface area contributed by atoms with Gasteiger partial charge in [0.1, 0.15) is 5.75 Å². The van der Waals surface area contributed by atoms with Crippen molar-refractivity contribution in [3.8, 4) is 5.75 Å². The number of urea groups is 1. The number of ether oxygens (including phenoxy) is 1. The lowest BCUT2D eigenvalue weighted by atomic mass is 9.89. The summed E-state index contributed by atoms with van der Waals surface area (Å²) in [5, 5.41) is 3.48. The number of Topliss-reactive ketones (excluding diaryl/α,β-unsaturated/α-hetero) is 1. The lowest BCUT2D eigenvalue weighted by Crippen LogP contribution is -2.42. The predicted octanol–water partition coefficient (Wildman–Crippen LogP) is 4.43. The fraction of sp³-hybridized carbons (Fsp3) is 0.286. The Kier molecular flexibility index (Phi) is 5.25. The summed E-state index contributed by atoms with van der Waals surface area (Å²) in [5.74, 6) is 0.812. The maximum atomic E-state index is 12.7. The van der Waals surface area contributed by atoms with Crippen molar-refractivity contribution in [1.82, 2.24) is 9.88 Å². The molecular formula is C21H21N3O3S. The molecule has 28 heavy (non-hydrogen) atoms. The Balaban J connectivity index is 1.33. The first kappa shape index (κ1) is 18.4. The molecule has 1 N–H and O–H groups in total. The lowest BCUT2D eigenvalue weighted by Gasteiger charge is -2.31. The average Bonchev–Trinajstić information content (AvgIpc) is 3.15. The van der Waals surface area contributed by atoms with E-state index in [1.807, 2.05) is 24.3 Å². The van der Waals surface area contributed by atoms with Crippen LogP contribution in [-0.4, -0.2) is 41.9 Å². The number of ketones is 1. The number of nitrogens with one attached hydrogen (secondary N) is 1. The second-order valence-corrected chi connectivity index (χ2v) is 7.80. The Hall–Kier alpha value is -2.93. The third-order valence-electron chi connectivity index (χ3n) is 5.04. The first-order chi connectivity index (χ1) is 13.6. The first-order valence-corrected chi connectivity index (χ1v) is 10.1. The van der Waals surface area contributed by atoms with Gasteiger partial charge in [0.2, 0.25) is 0 Å². The van der Waals surface area contributed by atoms with Crippen LogP contribution < -0.4 is 10.1 Å². The standard InChI is InChI=1S/C21H21N3O3S/c1-27-16-8-6-14(7-9-16)19(25)15-10-12-24(13-11-15)21(26)23-20-22-17-4-2-3-5-18(17)28-20/h2-9,15H,10-13H2,1H3,(H,22,23,26). The largest absolute Gasteiger partial charge is 0.497 e. The maximum absolute atomic E-state index is 12.7. The molecule has 0 unspecified atom stereocenters. The number of fused-ring (bicyclic) bond motifs is 1. The third kappa shape index (κ3) is 3.84. The zero-order chi connectivity index (χ0) is 19.5. The molecule has 1 fully saturated rings. The molecule has 3 aromatic rings. The van der Waals surface area contributed by atoms with E-state index in [9.17, 15) is 9.59 Å². The Labute approximate surface area is 167 Å². The number of nitrogens with zero attached hydrogens (tertiary/aromatic N) is 2. The maximum Gasteiger partial charge on any atom is 0.323 e. The van der Waals surface area contributed by atoms with Crippen LogP contribution in [0.25, 0.3) is 10.2 Å². The van der Waals surface area contributed by atoms with Crippen LogP contribution >= 0.6 is 11.3 Å². The van der Waals surface area contributed by atoms with Gasteiger partial charge >= 0.3 is 6.03 Å². The average molecular weight is 395 g/mol. The van der Waals surface area contributed by atoms with Crippen molar-refractivity contribution in [3.63, 3.8) is 0 Å². The summed E-state index contributed by atoms with van der Waals surface area (Å²) in [6.45, 7) is 1.12. The van der Waals surface area contributed by atoms with Gasteiger partial charge in [0.15, 0.2) is 10.9 Å². The van der Waals surface area contributed by atoms with E-state index < -0.39 is 0 Å². The molecule has 2 amide bonds. The molecule has 4 rings (SSSR count). The Bertz CT molecular complexity index is 959. The van der Waals surface area contributed by atoms with E-state index in [1.54, 1.807) is 36.3 Å². The number of carbonyl (C=O) groups is 2. The number of aromatic nitrogens is 1. The predicted molar refractivity (Wildman–Crippen MR) is 110 cm³/mol. The van der Waals surface area contributed by atoms with E-state index in [1.165, 1.54) is 11.3 Å². The Morgan fingerprint density at radius 3 is 2.50 bits per heavy atom. The summed E-state index contributed by atoms with van der Waals surface area (Å²) in [4.78, 5) is 31.4. The van der Waals surface area contributed by atoms with Crippen LogP contribution in [0.1, 0.15) is 23.2 Å². The van der Waals surface area contributed by atoms with E-state index in [0.29, 0.717) is 36.6 Å². The minimum absolute atomic E-state index is 0.0557. The van der Waals surface area contributed by atoms with Crippen molar-refractivity contribution < 1.29 is 14.3 Å². The van der Waals surface area contributed by atoms with Gasteiger partial charge in [0.05, 0.1) is 17.3 Å². The molecule has 1 aromatic heterocycles. The van der Waals surface area contributed by atoms with Crippen LogP contribution in [0.15, 0.2) is 48.5 Å². The zero-order valence-corrected chi connectivity index (χ0v) is 16.4. The number of hydrogen-bond donors (Lipinski definition) is 1. The van der Waals surface area contributed by atoms with Crippen LogP contribution in [0, 0.1) is 5.92 Å². The molecule has 1 saturated heterocycles. The first-order valence-electron chi connectivity index (χ1n) is 9.24. The van der Waals surface area contributed by atoms with E-state index in [2.05, 4.69) is 10.3 Å². The van der Waals surface area contributed by atoms with Gasteiger partial charge in [-0.25, -0.2) is 9.78 Å². The van der Waals surface area contributed by atoms with Gasteiger partial charge in [0.25, 0.3) is 0 Å². The second kappa shape index (κ2) is 7.98. The summed E-state index contributed by atoms with van der Waals surface area (Å²) in [6, 6.07) is 14.8. The molecule has 1 aliphatic rings. The summed E-state index contributed by atoms with van der Waals surface area (Å²) >= 11 is 1.46. The molecule has 0 radical (unpaired) electrons. The highest BCUT2D eigenvalue weighted by Crippen LogP contribution is 2.27. The molecule has 6 nitrogen and oxygen atoms in total. The number of amides is 2. The molecule has 1 aliphatic heterocycles. The molecule has 7 heteroatoms. The fourth-order valence-electron chi connectivity index (χ4n) is 3.43. The number of carbonyl (C=O) groups excluding carboxylic acids is 2. The van der Waals surface area contributed by atoms with Gasteiger partial charge in [0, 0.05) is 24.6 Å². The molecule has 0 saturated carbocycles. The SMILES string of the molecule is COc1ccc(C(=O)C2CCN(C(=O)Nc3nc4ccccc4s3)CC2)cc1.